The zero-order valence-electron chi connectivity index (χ0n) is 11.3. The average molecular weight is 244 g/mol. The lowest BCUT2D eigenvalue weighted by molar-refractivity contribution is 0.569. The molecular formula is C15H20N2O. The molecule has 0 spiro atoms. The van der Waals surface area contributed by atoms with E-state index in [9.17, 15) is 0 Å². The van der Waals surface area contributed by atoms with Crippen molar-refractivity contribution >= 4 is 0 Å². The Morgan fingerprint density at radius 2 is 2.11 bits per heavy atom. The summed E-state index contributed by atoms with van der Waals surface area (Å²) >= 11 is 0. The predicted octanol–water partition coefficient (Wildman–Crippen LogP) is 3.46. The van der Waals surface area contributed by atoms with Gasteiger partial charge in [0.05, 0.1) is 5.69 Å². The Labute approximate surface area is 108 Å². The monoisotopic (exact) mass is 244 g/mol. The quantitative estimate of drug-likeness (QED) is 0.818. The second kappa shape index (κ2) is 5.83. The summed E-state index contributed by atoms with van der Waals surface area (Å²) in [5.74, 6) is 0.709. The highest BCUT2D eigenvalue weighted by molar-refractivity contribution is 5.59. The first-order valence-electron chi connectivity index (χ1n) is 6.43. The van der Waals surface area contributed by atoms with Crippen LogP contribution in [-0.2, 0) is 6.54 Å². The second-order valence-corrected chi connectivity index (χ2v) is 4.64. The van der Waals surface area contributed by atoms with Crippen LogP contribution in [0.4, 0.5) is 0 Å². The number of nitrogens with one attached hydrogen (secondary N) is 1. The first-order chi connectivity index (χ1) is 8.70. The van der Waals surface area contributed by atoms with Crippen LogP contribution in [0.3, 0.4) is 0 Å². The van der Waals surface area contributed by atoms with Crippen molar-refractivity contribution < 1.29 is 4.42 Å². The fraction of sp³-hybridized carbons (Fsp3) is 0.400. The fourth-order valence-corrected chi connectivity index (χ4v) is 1.96. The van der Waals surface area contributed by atoms with Crippen LogP contribution in [0.25, 0.3) is 11.5 Å². The van der Waals surface area contributed by atoms with E-state index in [2.05, 4.69) is 49.3 Å². The number of rotatable bonds is 5. The lowest BCUT2D eigenvalue weighted by atomic mass is 10.1. The number of oxazole rings is 1. The lowest BCUT2D eigenvalue weighted by Crippen LogP contribution is -2.13. The molecule has 0 atom stereocenters. The summed E-state index contributed by atoms with van der Waals surface area (Å²) in [6.45, 7) is 8.10. The highest BCUT2D eigenvalue weighted by atomic mass is 16.3. The van der Waals surface area contributed by atoms with Crippen LogP contribution in [0, 0.1) is 13.8 Å². The Balaban J connectivity index is 2.13. The molecule has 2 rings (SSSR count). The minimum absolute atomic E-state index is 0.709. The summed E-state index contributed by atoms with van der Waals surface area (Å²) in [6, 6.07) is 6.30. The molecule has 0 bridgehead atoms. The highest BCUT2D eigenvalue weighted by Crippen LogP contribution is 2.23. The van der Waals surface area contributed by atoms with Crippen molar-refractivity contribution in [3.63, 3.8) is 0 Å². The van der Waals surface area contributed by atoms with E-state index in [1.165, 1.54) is 11.1 Å². The molecular weight excluding hydrogens is 224 g/mol. The van der Waals surface area contributed by atoms with Crippen LogP contribution in [0.5, 0.6) is 0 Å². The van der Waals surface area contributed by atoms with Crippen LogP contribution in [-0.4, -0.2) is 11.5 Å². The van der Waals surface area contributed by atoms with E-state index < -0.39 is 0 Å². The zero-order valence-corrected chi connectivity index (χ0v) is 11.3. The summed E-state index contributed by atoms with van der Waals surface area (Å²) in [4.78, 5) is 4.51. The van der Waals surface area contributed by atoms with E-state index in [-0.39, 0.29) is 0 Å². The number of nitrogens with zero attached hydrogens (tertiary/aromatic N) is 1. The van der Waals surface area contributed by atoms with E-state index in [0.717, 1.165) is 30.8 Å². The van der Waals surface area contributed by atoms with Gasteiger partial charge in [-0.25, -0.2) is 4.98 Å². The molecule has 0 aliphatic heterocycles. The minimum Gasteiger partial charge on any atom is -0.444 e. The maximum Gasteiger partial charge on any atom is 0.226 e. The molecule has 96 valence electrons. The van der Waals surface area contributed by atoms with E-state index in [4.69, 9.17) is 4.42 Å². The standard InChI is InChI=1S/C15H20N2O/c1-4-7-16-9-13-10-18-15(17-13)14-6-5-11(2)8-12(14)3/h5-6,8,10,16H,4,7,9H2,1-3H3. The molecule has 0 amide bonds. The van der Waals surface area contributed by atoms with E-state index in [0.29, 0.717) is 5.89 Å². The number of hydrogen-bond donors (Lipinski definition) is 1. The number of aryl methyl sites for hydroxylation is 2. The molecule has 0 aliphatic rings. The first-order valence-corrected chi connectivity index (χ1v) is 6.43. The summed E-state index contributed by atoms with van der Waals surface area (Å²) in [5, 5.41) is 3.32. The van der Waals surface area contributed by atoms with Gasteiger partial charge in [-0.15, -0.1) is 0 Å². The molecule has 18 heavy (non-hydrogen) atoms. The Kier molecular flexibility index (Phi) is 4.15. The van der Waals surface area contributed by atoms with Crippen LogP contribution in [0.15, 0.2) is 28.9 Å². The van der Waals surface area contributed by atoms with Crippen molar-refractivity contribution in [2.75, 3.05) is 6.54 Å². The number of benzene rings is 1. The van der Waals surface area contributed by atoms with Gasteiger partial charge in [0.25, 0.3) is 0 Å². The van der Waals surface area contributed by atoms with Gasteiger partial charge in [0.1, 0.15) is 6.26 Å². The van der Waals surface area contributed by atoms with Crippen molar-refractivity contribution in [2.24, 2.45) is 0 Å². The Morgan fingerprint density at radius 1 is 1.28 bits per heavy atom. The largest absolute Gasteiger partial charge is 0.444 e. The predicted molar refractivity (Wildman–Crippen MR) is 73.4 cm³/mol. The lowest BCUT2D eigenvalue weighted by Gasteiger charge is -2.02. The van der Waals surface area contributed by atoms with Crippen molar-refractivity contribution in [3.05, 3.63) is 41.3 Å². The van der Waals surface area contributed by atoms with E-state index in [1.54, 1.807) is 6.26 Å². The number of aromatic nitrogens is 1. The molecule has 0 unspecified atom stereocenters. The molecule has 1 N–H and O–H groups in total. The molecule has 1 aromatic carbocycles. The van der Waals surface area contributed by atoms with Crippen molar-refractivity contribution in [1.29, 1.82) is 0 Å². The maximum atomic E-state index is 5.55. The van der Waals surface area contributed by atoms with Gasteiger partial charge in [-0.3, -0.25) is 0 Å². The molecule has 0 saturated heterocycles. The zero-order chi connectivity index (χ0) is 13.0. The van der Waals surface area contributed by atoms with Gasteiger partial charge in [0.2, 0.25) is 5.89 Å². The highest BCUT2D eigenvalue weighted by Gasteiger charge is 2.08. The van der Waals surface area contributed by atoms with E-state index in [1.807, 2.05) is 0 Å². The molecule has 3 heteroatoms. The first kappa shape index (κ1) is 12.8. The van der Waals surface area contributed by atoms with E-state index >= 15 is 0 Å². The Hall–Kier alpha value is -1.61. The normalized spacial score (nSPS) is 10.8. The Morgan fingerprint density at radius 3 is 2.83 bits per heavy atom. The van der Waals surface area contributed by atoms with Crippen LogP contribution >= 0.6 is 0 Å². The van der Waals surface area contributed by atoms with Crippen LogP contribution in [0.2, 0.25) is 0 Å². The van der Waals surface area contributed by atoms with Gasteiger partial charge in [0, 0.05) is 12.1 Å². The summed E-state index contributed by atoms with van der Waals surface area (Å²) in [7, 11) is 0. The third kappa shape index (κ3) is 2.99. The topological polar surface area (TPSA) is 38.1 Å². The molecule has 2 aromatic rings. The van der Waals surface area contributed by atoms with Gasteiger partial charge in [-0.1, -0.05) is 24.6 Å². The minimum atomic E-state index is 0.709. The number of hydrogen-bond acceptors (Lipinski definition) is 3. The van der Waals surface area contributed by atoms with Crippen molar-refractivity contribution in [3.8, 4) is 11.5 Å². The Bertz CT molecular complexity index is 517. The fourth-order valence-electron chi connectivity index (χ4n) is 1.96. The summed E-state index contributed by atoms with van der Waals surface area (Å²) < 4.78 is 5.55. The molecule has 0 saturated carbocycles. The molecule has 3 nitrogen and oxygen atoms in total. The van der Waals surface area contributed by atoms with Crippen LogP contribution in [0.1, 0.15) is 30.2 Å². The molecule has 0 fully saturated rings. The van der Waals surface area contributed by atoms with Crippen molar-refractivity contribution in [2.45, 2.75) is 33.7 Å². The maximum absolute atomic E-state index is 5.55. The molecule has 1 heterocycles. The van der Waals surface area contributed by atoms with Crippen molar-refractivity contribution in [1.82, 2.24) is 10.3 Å². The summed E-state index contributed by atoms with van der Waals surface area (Å²) in [6.07, 6.45) is 2.86. The summed E-state index contributed by atoms with van der Waals surface area (Å²) in [5.41, 5.74) is 4.48. The van der Waals surface area contributed by atoms with Gasteiger partial charge in [-0.2, -0.15) is 0 Å². The van der Waals surface area contributed by atoms with Gasteiger partial charge >= 0.3 is 0 Å². The van der Waals surface area contributed by atoms with Gasteiger partial charge < -0.3 is 9.73 Å². The molecule has 0 radical (unpaired) electrons. The van der Waals surface area contributed by atoms with Crippen LogP contribution < -0.4 is 5.32 Å². The third-order valence-corrected chi connectivity index (χ3v) is 2.90. The smallest absolute Gasteiger partial charge is 0.226 e. The van der Waals surface area contributed by atoms with Gasteiger partial charge in [0.15, 0.2) is 0 Å². The molecule has 1 aromatic heterocycles. The second-order valence-electron chi connectivity index (χ2n) is 4.64. The SMILES string of the molecule is CCCNCc1coc(-c2ccc(C)cc2C)n1. The third-order valence-electron chi connectivity index (χ3n) is 2.90. The molecule has 0 aliphatic carbocycles. The average Bonchev–Trinajstić information content (AvgIpc) is 2.78. The van der Waals surface area contributed by atoms with Gasteiger partial charge in [-0.05, 0) is 38.4 Å².